The summed E-state index contributed by atoms with van der Waals surface area (Å²) in [5.74, 6) is 0.639. The fourth-order valence-electron chi connectivity index (χ4n) is 3.35. The van der Waals surface area contributed by atoms with Crippen molar-refractivity contribution >= 4 is 41.6 Å². The van der Waals surface area contributed by atoms with Gasteiger partial charge in [0.2, 0.25) is 0 Å². The van der Waals surface area contributed by atoms with Crippen molar-refractivity contribution in [2.45, 2.75) is 32.7 Å². The molecule has 2 heterocycles. The molecule has 1 aliphatic rings. The number of carbonyl (C=O) groups excluding carboxylic acids is 1. The van der Waals surface area contributed by atoms with E-state index in [2.05, 4.69) is 11.9 Å². The maximum absolute atomic E-state index is 12.9. The van der Waals surface area contributed by atoms with Crippen LogP contribution in [0.15, 0.2) is 30.3 Å². The third-order valence-electron chi connectivity index (χ3n) is 4.65. The average molecular weight is 370 g/mol. The topological polar surface area (TPSA) is 59.2 Å². The number of benzene rings is 1. The number of nitrogens with zero attached hydrogens (tertiary/aromatic N) is 2. The largest absolute Gasteiger partial charge is 0.333 e. The molecule has 0 bridgehead atoms. The van der Waals surface area contributed by atoms with Crippen LogP contribution in [0.25, 0.3) is 10.9 Å². The summed E-state index contributed by atoms with van der Waals surface area (Å²) < 4.78 is 0. The van der Waals surface area contributed by atoms with E-state index in [9.17, 15) is 4.79 Å². The van der Waals surface area contributed by atoms with Gasteiger partial charge in [0.15, 0.2) is 0 Å². The number of hydrogen-bond donors (Lipinski definition) is 1. The lowest BCUT2D eigenvalue weighted by atomic mass is 9.92. The van der Waals surface area contributed by atoms with Gasteiger partial charge >= 0.3 is 0 Å². The van der Waals surface area contributed by atoms with Crippen molar-refractivity contribution in [1.29, 1.82) is 0 Å². The van der Waals surface area contributed by atoms with Crippen molar-refractivity contribution < 1.29 is 4.79 Å². The van der Waals surface area contributed by atoms with E-state index in [1.54, 1.807) is 0 Å². The standard InChI is InChI=1S/C18H23N3O.2ClH/c1-12-7-8-21(14(9-12)11-19)18(22)17-10-13(2)15-5-3-4-6-16(15)20-17;;/h3-6,10,12,14H,7-9,11,19H2,1-2H3;2*1H. The van der Waals surface area contributed by atoms with Gasteiger partial charge in [0, 0.05) is 24.5 Å². The fraction of sp³-hybridized carbons (Fsp3) is 0.444. The molecule has 0 aliphatic carbocycles. The van der Waals surface area contributed by atoms with E-state index >= 15 is 0 Å². The van der Waals surface area contributed by atoms with Gasteiger partial charge in [0.05, 0.1) is 5.52 Å². The molecule has 0 spiro atoms. The molecule has 1 fully saturated rings. The maximum Gasteiger partial charge on any atom is 0.272 e. The molecule has 2 unspecified atom stereocenters. The molecule has 1 aromatic heterocycles. The van der Waals surface area contributed by atoms with Gasteiger partial charge in [0.1, 0.15) is 5.69 Å². The lowest BCUT2D eigenvalue weighted by Gasteiger charge is -2.37. The molecule has 1 saturated heterocycles. The zero-order valence-corrected chi connectivity index (χ0v) is 15.7. The van der Waals surface area contributed by atoms with Crippen LogP contribution in [0.2, 0.25) is 0 Å². The Kier molecular flexibility index (Phi) is 7.46. The number of likely N-dealkylation sites (tertiary alicyclic amines) is 1. The smallest absolute Gasteiger partial charge is 0.272 e. The number of amides is 1. The summed E-state index contributed by atoms with van der Waals surface area (Å²) in [6, 6.07) is 9.97. The second-order valence-electron chi connectivity index (χ2n) is 6.36. The van der Waals surface area contributed by atoms with Crippen LogP contribution >= 0.6 is 24.8 Å². The van der Waals surface area contributed by atoms with Crippen LogP contribution in [-0.4, -0.2) is 34.9 Å². The third kappa shape index (κ3) is 4.00. The zero-order valence-electron chi connectivity index (χ0n) is 14.1. The molecule has 1 aromatic carbocycles. The number of halogens is 2. The van der Waals surface area contributed by atoms with Crippen molar-refractivity contribution in [2.75, 3.05) is 13.1 Å². The normalized spacial score (nSPS) is 20.2. The minimum absolute atomic E-state index is 0. The first-order chi connectivity index (χ1) is 10.6. The minimum atomic E-state index is 0. The number of rotatable bonds is 2. The number of fused-ring (bicyclic) bond motifs is 1. The highest BCUT2D eigenvalue weighted by atomic mass is 35.5. The average Bonchev–Trinajstić information content (AvgIpc) is 2.54. The second kappa shape index (κ2) is 8.65. The first-order valence-electron chi connectivity index (χ1n) is 7.97. The maximum atomic E-state index is 12.9. The van der Waals surface area contributed by atoms with Gasteiger partial charge in [-0.05, 0) is 43.4 Å². The molecule has 2 atom stereocenters. The third-order valence-corrected chi connectivity index (χ3v) is 4.65. The number of para-hydroxylation sites is 1. The second-order valence-corrected chi connectivity index (χ2v) is 6.36. The Bertz CT molecular complexity index is 708. The highest BCUT2D eigenvalue weighted by Crippen LogP contribution is 2.24. The Morgan fingerprint density at radius 2 is 2.04 bits per heavy atom. The summed E-state index contributed by atoms with van der Waals surface area (Å²) in [7, 11) is 0. The monoisotopic (exact) mass is 369 g/mol. The van der Waals surface area contributed by atoms with Crippen molar-refractivity contribution in [3.05, 3.63) is 41.6 Å². The highest BCUT2D eigenvalue weighted by molar-refractivity contribution is 5.96. The quantitative estimate of drug-likeness (QED) is 0.879. The summed E-state index contributed by atoms with van der Waals surface area (Å²) >= 11 is 0. The predicted molar refractivity (Wildman–Crippen MR) is 103 cm³/mol. The molecule has 24 heavy (non-hydrogen) atoms. The van der Waals surface area contributed by atoms with Crippen LogP contribution in [0.4, 0.5) is 0 Å². The summed E-state index contributed by atoms with van der Waals surface area (Å²) in [6.07, 6.45) is 2.02. The van der Waals surface area contributed by atoms with E-state index in [0.29, 0.717) is 18.2 Å². The summed E-state index contributed by atoms with van der Waals surface area (Å²) in [6.45, 7) is 5.54. The molecule has 132 valence electrons. The van der Waals surface area contributed by atoms with Gasteiger partial charge < -0.3 is 10.6 Å². The van der Waals surface area contributed by atoms with E-state index in [0.717, 1.165) is 35.9 Å². The molecular weight excluding hydrogens is 345 g/mol. The number of pyridine rings is 1. The van der Waals surface area contributed by atoms with Crippen LogP contribution in [0.1, 0.15) is 35.8 Å². The Balaban J connectivity index is 0.00000144. The summed E-state index contributed by atoms with van der Waals surface area (Å²) in [5.41, 5.74) is 8.37. The van der Waals surface area contributed by atoms with Crippen molar-refractivity contribution in [3.8, 4) is 0 Å². The van der Waals surface area contributed by atoms with E-state index < -0.39 is 0 Å². The number of nitrogens with two attached hydrogens (primary N) is 1. The van der Waals surface area contributed by atoms with Gasteiger partial charge in [-0.3, -0.25) is 4.79 Å². The van der Waals surface area contributed by atoms with E-state index in [1.165, 1.54) is 0 Å². The van der Waals surface area contributed by atoms with Crippen molar-refractivity contribution in [3.63, 3.8) is 0 Å². The first-order valence-corrected chi connectivity index (χ1v) is 7.97. The van der Waals surface area contributed by atoms with Gasteiger partial charge in [-0.15, -0.1) is 24.8 Å². The molecule has 0 radical (unpaired) electrons. The lowest BCUT2D eigenvalue weighted by Crippen LogP contribution is -2.49. The van der Waals surface area contributed by atoms with Crippen LogP contribution in [0.3, 0.4) is 0 Å². The SMILES string of the molecule is Cc1cc(C(=O)N2CCC(C)CC2CN)nc2ccccc12.Cl.Cl. The van der Waals surface area contributed by atoms with E-state index in [1.807, 2.05) is 42.2 Å². The van der Waals surface area contributed by atoms with E-state index in [4.69, 9.17) is 5.73 Å². The molecular formula is C18H25Cl2N3O. The van der Waals surface area contributed by atoms with E-state index in [-0.39, 0.29) is 36.8 Å². The molecule has 3 rings (SSSR count). The summed E-state index contributed by atoms with van der Waals surface area (Å²) in [5, 5.41) is 1.10. The minimum Gasteiger partial charge on any atom is -0.333 e. The Labute approximate surface area is 155 Å². The van der Waals surface area contributed by atoms with Crippen LogP contribution in [0, 0.1) is 12.8 Å². The number of aromatic nitrogens is 1. The Morgan fingerprint density at radius 3 is 2.75 bits per heavy atom. The van der Waals surface area contributed by atoms with Crippen LogP contribution in [-0.2, 0) is 0 Å². The summed E-state index contributed by atoms with van der Waals surface area (Å²) in [4.78, 5) is 19.4. The predicted octanol–water partition coefficient (Wildman–Crippen LogP) is 3.59. The molecule has 4 nitrogen and oxygen atoms in total. The van der Waals surface area contributed by atoms with Crippen molar-refractivity contribution in [2.24, 2.45) is 11.7 Å². The molecule has 2 aromatic rings. The fourth-order valence-corrected chi connectivity index (χ4v) is 3.35. The number of piperidine rings is 1. The Morgan fingerprint density at radius 1 is 1.33 bits per heavy atom. The first kappa shape index (κ1) is 20.7. The van der Waals surface area contributed by atoms with Crippen molar-refractivity contribution in [1.82, 2.24) is 9.88 Å². The van der Waals surface area contributed by atoms with Gasteiger partial charge in [-0.2, -0.15) is 0 Å². The number of aryl methyl sites for hydroxylation is 1. The Hall–Kier alpha value is -1.36. The van der Waals surface area contributed by atoms with Gasteiger partial charge in [0.25, 0.3) is 5.91 Å². The number of carbonyl (C=O) groups is 1. The molecule has 6 heteroatoms. The molecule has 2 N–H and O–H groups in total. The zero-order chi connectivity index (χ0) is 15.7. The van der Waals surface area contributed by atoms with Gasteiger partial charge in [-0.1, -0.05) is 25.1 Å². The lowest BCUT2D eigenvalue weighted by molar-refractivity contribution is 0.0568. The molecule has 1 amide bonds. The van der Waals surface area contributed by atoms with Crippen LogP contribution in [0.5, 0.6) is 0 Å². The molecule has 0 saturated carbocycles. The highest BCUT2D eigenvalue weighted by Gasteiger charge is 2.30. The van der Waals surface area contributed by atoms with Crippen LogP contribution < -0.4 is 5.73 Å². The number of hydrogen-bond acceptors (Lipinski definition) is 3. The molecule has 1 aliphatic heterocycles. The van der Waals surface area contributed by atoms with Gasteiger partial charge in [-0.25, -0.2) is 4.98 Å².